The van der Waals surface area contributed by atoms with Gasteiger partial charge in [-0.05, 0) is 29.1 Å². The fourth-order valence-corrected chi connectivity index (χ4v) is 2.32. The van der Waals surface area contributed by atoms with E-state index in [1.165, 1.54) is 11.3 Å². The number of amides is 2. The number of nitrogens with two attached hydrogens (primary N) is 1. The number of aliphatic hydroxyl groups is 1. The Morgan fingerprint density at radius 2 is 1.89 bits per heavy atom. The molecular weight excluding hydrogens is 264 g/mol. The quantitative estimate of drug-likeness (QED) is 0.791. The van der Waals surface area contributed by atoms with Crippen LogP contribution in [0.2, 0.25) is 0 Å². The van der Waals surface area contributed by atoms with Crippen molar-refractivity contribution in [2.45, 2.75) is 6.61 Å². The highest BCUT2D eigenvalue weighted by Crippen LogP contribution is 2.23. The molecule has 1 aromatic heterocycles. The number of thiophene rings is 1. The van der Waals surface area contributed by atoms with Crippen LogP contribution in [0.3, 0.4) is 0 Å². The van der Waals surface area contributed by atoms with Crippen LogP contribution < -0.4 is 11.1 Å². The number of primary amides is 1. The van der Waals surface area contributed by atoms with Crippen molar-refractivity contribution in [3.05, 3.63) is 52.4 Å². The van der Waals surface area contributed by atoms with Crippen LogP contribution in [0, 0.1) is 0 Å². The van der Waals surface area contributed by atoms with Gasteiger partial charge in [0.2, 0.25) is 0 Å². The topological polar surface area (TPSA) is 92.4 Å². The molecule has 4 N–H and O–H groups in total. The molecular formula is C13H12N2O3S. The van der Waals surface area contributed by atoms with Crippen LogP contribution in [0.4, 0.5) is 5.00 Å². The largest absolute Gasteiger partial charge is 0.392 e. The molecule has 6 heteroatoms. The van der Waals surface area contributed by atoms with Crippen LogP contribution >= 0.6 is 11.3 Å². The zero-order valence-electron chi connectivity index (χ0n) is 9.92. The number of nitrogens with one attached hydrogen (secondary N) is 1. The predicted molar refractivity (Wildman–Crippen MR) is 73.2 cm³/mol. The predicted octanol–water partition coefficient (Wildman–Crippen LogP) is 1.59. The Morgan fingerprint density at radius 3 is 2.47 bits per heavy atom. The first-order valence-corrected chi connectivity index (χ1v) is 6.38. The fraction of sp³-hybridized carbons (Fsp3) is 0.0769. The van der Waals surface area contributed by atoms with Crippen molar-refractivity contribution in [3.8, 4) is 0 Å². The first-order valence-electron chi connectivity index (χ1n) is 5.50. The van der Waals surface area contributed by atoms with E-state index in [1.54, 1.807) is 35.7 Å². The van der Waals surface area contributed by atoms with E-state index >= 15 is 0 Å². The third-order valence-electron chi connectivity index (χ3n) is 2.56. The minimum Gasteiger partial charge on any atom is -0.392 e. The van der Waals surface area contributed by atoms with Gasteiger partial charge in [-0.3, -0.25) is 9.59 Å². The van der Waals surface area contributed by atoms with Crippen molar-refractivity contribution in [1.29, 1.82) is 0 Å². The van der Waals surface area contributed by atoms with Gasteiger partial charge in [0.15, 0.2) is 0 Å². The number of rotatable bonds is 4. The van der Waals surface area contributed by atoms with E-state index in [1.807, 2.05) is 0 Å². The molecule has 0 aliphatic carbocycles. The summed E-state index contributed by atoms with van der Waals surface area (Å²) in [4.78, 5) is 23.1. The first-order chi connectivity index (χ1) is 9.11. The molecule has 2 amide bonds. The van der Waals surface area contributed by atoms with E-state index in [-0.39, 0.29) is 12.5 Å². The summed E-state index contributed by atoms with van der Waals surface area (Å²) in [5, 5.41) is 13.7. The highest BCUT2D eigenvalue weighted by atomic mass is 32.1. The van der Waals surface area contributed by atoms with Crippen LogP contribution in [-0.4, -0.2) is 16.9 Å². The molecule has 5 nitrogen and oxygen atoms in total. The van der Waals surface area contributed by atoms with Crippen LogP contribution in [0.1, 0.15) is 26.3 Å². The van der Waals surface area contributed by atoms with Gasteiger partial charge in [-0.25, -0.2) is 0 Å². The van der Waals surface area contributed by atoms with E-state index < -0.39 is 5.91 Å². The second kappa shape index (κ2) is 5.64. The Hall–Kier alpha value is -2.18. The van der Waals surface area contributed by atoms with Gasteiger partial charge < -0.3 is 16.2 Å². The van der Waals surface area contributed by atoms with E-state index in [0.717, 1.165) is 5.56 Å². The maximum Gasteiger partial charge on any atom is 0.256 e. The summed E-state index contributed by atoms with van der Waals surface area (Å²) in [5.74, 6) is -0.901. The van der Waals surface area contributed by atoms with E-state index in [9.17, 15) is 9.59 Å². The lowest BCUT2D eigenvalue weighted by Gasteiger charge is -2.05. The van der Waals surface area contributed by atoms with Crippen LogP contribution in [0.5, 0.6) is 0 Å². The number of hydrogen-bond acceptors (Lipinski definition) is 4. The lowest BCUT2D eigenvalue weighted by Crippen LogP contribution is -2.16. The Morgan fingerprint density at radius 1 is 1.21 bits per heavy atom. The molecule has 0 aliphatic rings. The normalized spacial score (nSPS) is 10.2. The molecule has 0 saturated carbocycles. The molecule has 2 rings (SSSR count). The third-order valence-corrected chi connectivity index (χ3v) is 3.39. The summed E-state index contributed by atoms with van der Waals surface area (Å²) < 4.78 is 0. The van der Waals surface area contributed by atoms with Gasteiger partial charge in [-0.15, -0.1) is 11.3 Å². The Balaban J connectivity index is 2.16. The minimum absolute atomic E-state index is 0.0708. The molecule has 0 bridgehead atoms. The Labute approximate surface area is 113 Å². The van der Waals surface area contributed by atoms with Gasteiger partial charge in [0.05, 0.1) is 12.2 Å². The number of carbonyl (C=O) groups excluding carboxylic acids is 2. The van der Waals surface area contributed by atoms with Crippen LogP contribution in [0.15, 0.2) is 35.7 Å². The highest BCUT2D eigenvalue weighted by molar-refractivity contribution is 7.14. The smallest absolute Gasteiger partial charge is 0.256 e. The van der Waals surface area contributed by atoms with Gasteiger partial charge in [-0.2, -0.15) is 0 Å². The van der Waals surface area contributed by atoms with E-state index in [2.05, 4.69) is 5.32 Å². The molecule has 0 saturated heterocycles. The average molecular weight is 276 g/mol. The van der Waals surface area contributed by atoms with Gasteiger partial charge in [0, 0.05) is 5.56 Å². The van der Waals surface area contributed by atoms with E-state index in [4.69, 9.17) is 10.8 Å². The summed E-state index contributed by atoms with van der Waals surface area (Å²) in [7, 11) is 0. The van der Waals surface area contributed by atoms with Crippen molar-refractivity contribution in [2.75, 3.05) is 5.32 Å². The molecule has 0 radical (unpaired) electrons. The maximum atomic E-state index is 12.0. The molecule has 2 aromatic rings. The summed E-state index contributed by atoms with van der Waals surface area (Å²) in [6.45, 7) is -0.0708. The first kappa shape index (κ1) is 13.3. The summed E-state index contributed by atoms with van der Waals surface area (Å²) in [6.07, 6.45) is 0. The van der Waals surface area contributed by atoms with Crippen molar-refractivity contribution in [1.82, 2.24) is 0 Å². The van der Waals surface area contributed by atoms with Crippen molar-refractivity contribution in [3.63, 3.8) is 0 Å². The van der Waals surface area contributed by atoms with Gasteiger partial charge in [0.1, 0.15) is 5.00 Å². The van der Waals surface area contributed by atoms with Crippen LogP contribution in [0.25, 0.3) is 0 Å². The molecule has 1 heterocycles. The lowest BCUT2D eigenvalue weighted by molar-refractivity contribution is 0.100. The Kier molecular flexibility index (Phi) is 3.94. The SMILES string of the molecule is NC(=O)c1ccsc1NC(=O)c1ccc(CO)cc1. The number of aliphatic hydroxyl groups excluding tert-OH is 1. The molecule has 0 unspecified atom stereocenters. The molecule has 1 aromatic carbocycles. The number of benzene rings is 1. The highest BCUT2D eigenvalue weighted by Gasteiger charge is 2.13. The lowest BCUT2D eigenvalue weighted by atomic mass is 10.1. The maximum absolute atomic E-state index is 12.0. The van der Waals surface area contributed by atoms with Gasteiger partial charge in [-0.1, -0.05) is 12.1 Å². The molecule has 0 spiro atoms. The van der Waals surface area contributed by atoms with Gasteiger partial charge in [0.25, 0.3) is 11.8 Å². The second-order valence-electron chi connectivity index (χ2n) is 3.84. The summed E-state index contributed by atoms with van der Waals surface area (Å²) in [6, 6.07) is 8.12. The number of hydrogen-bond donors (Lipinski definition) is 3. The molecule has 98 valence electrons. The molecule has 0 fully saturated rings. The summed E-state index contributed by atoms with van der Waals surface area (Å²) >= 11 is 1.24. The molecule has 19 heavy (non-hydrogen) atoms. The zero-order valence-corrected chi connectivity index (χ0v) is 10.7. The average Bonchev–Trinajstić information content (AvgIpc) is 2.87. The third kappa shape index (κ3) is 2.98. The zero-order chi connectivity index (χ0) is 13.8. The minimum atomic E-state index is -0.577. The van der Waals surface area contributed by atoms with E-state index in [0.29, 0.717) is 16.1 Å². The standard InChI is InChI=1S/C13H12N2O3S/c14-11(17)10-5-6-19-13(10)15-12(18)9-3-1-8(7-16)2-4-9/h1-6,16H,7H2,(H2,14,17)(H,15,18). The fourth-order valence-electron chi connectivity index (χ4n) is 1.54. The van der Waals surface area contributed by atoms with Gasteiger partial charge >= 0.3 is 0 Å². The Bertz CT molecular complexity index is 605. The molecule has 0 aliphatic heterocycles. The van der Waals surface area contributed by atoms with Crippen LogP contribution in [-0.2, 0) is 6.61 Å². The van der Waals surface area contributed by atoms with Crippen molar-refractivity contribution in [2.24, 2.45) is 5.73 Å². The molecule has 0 atom stereocenters. The van der Waals surface area contributed by atoms with Crippen molar-refractivity contribution < 1.29 is 14.7 Å². The number of carbonyl (C=O) groups is 2. The summed E-state index contributed by atoms with van der Waals surface area (Å²) in [5.41, 5.74) is 6.67. The number of anilines is 1. The van der Waals surface area contributed by atoms with Crippen molar-refractivity contribution >= 4 is 28.2 Å². The second-order valence-corrected chi connectivity index (χ2v) is 4.75. The monoisotopic (exact) mass is 276 g/mol.